The molecule has 10 rings (SSSR count). The van der Waals surface area contributed by atoms with Crippen LogP contribution in [0.2, 0.25) is 0 Å². The van der Waals surface area contributed by atoms with Crippen molar-refractivity contribution in [1.82, 2.24) is 0 Å². The van der Waals surface area contributed by atoms with E-state index in [1.807, 2.05) is 23.5 Å². The van der Waals surface area contributed by atoms with Crippen LogP contribution in [0.25, 0.3) is 97.1 Å². The molecule has 200 valence electrons. The zero-order valence-electron chi connectivity index (χ0n) is 22.9. The molecule has 0 aliphatic rings. The molecule has 0 atom stereocenters. The molecule has 3 heterocycles. The third-order valence-corrected chi connectivity index (χ3v) is 10.0. The van der Waals surface area contributed by atoms with Gasteiger partial charge in [-0.2, -0.15) is 0 Å². The van der Waals surface area contributed by atoms with Crippen molar-refractivity contribution >= 4 is 86.0 Å². The third kappa shape index (κ3) is 3.23. The second-order valence-corrected chi connectivity index (χ2v) is 12.3. The predicted molar refractivity (Wildman–Crippen MR) is 182 cm³/mol. The van der Waals surface area contributed by atoms with Gasteiger partial charge < -0.3 is 8.83 Å². The lowest BCUT2D eigenvalue weighted by molar-refractivity contribution is 0.635. The lowest BCUT2D eigenvalue weighted by Crippen LogP contribution is -1.89. The van der Waals surface area contributed by atoms with E-state index in [0.29, 0.717) is 0 Å². The monoisotopic (exact) mass is 566 g/mol. The van der Waals surface area contributed by atoms with E-state index in [1.165, 1.54) is 52.8 Å². The quantitative estimate of drug-likeness (QED) is 0.195. The van der Waals surface area contributed by atoms with Crippen LogP contribution in [0, 0.1) is 0 Å². The van der Waals surface area contributed by atoms with Gasteiger partial charge in [-0.25, -0.2) is 0 Å². The minimum Gasteiger partial charge on any atom is -0.456 e. The SMILES string of the molecule is c1ccc2c(c1)oc1ccc3cc(-c4c5ccccc5c(-c5ccc6c(c5)sc5ccccc56)c5ccccc45)oc3c12. The van der Waals surface area contributed by atoms with E-state index in [-0.39, 0.29) is 0 Å². The molecule has 0 bridgehead atoms. The van der Waals surface area contributed by atoms with Gasteiger partial charge in [0.05, 0.1) is 5.39 Å². The molecule has 2 nitrogen and oxygen atoms in total. The molecule has 0 saturated carbocycles. The van der Waals surface area contributed by atoms with Gasteiger partial charge in [-0.15, -0.1) is 11.3 Å². The largest absolute Gasteiger partial charge is 0.456 e. The summed E-state index contributed by atoms with van der Waals surface area (Å²) in [6, 6.07) is 47.7. The predicted octanol–water partition coefficient (Wildman–Crippen LogP) is 12.3. The van der Waals surface area contributed by atoms with E-state index in [2.05, 4.69) is 121 Å². The fourth-order valence-electron chi connectivity index (χ4n) is 7.02. The van der Waals surface area contributed by atoms with Crippen LogP contribution in [0.1, 0.15) is 0 Å². The molecule has 0 spiro atoms. The molecular formula is C40H22O2S. The smallest absolute Gasteiger partial charge is 0.146 e. The summed E-state index contributed by atoms with van der Waals surface area (Å²) < 4.78 is 15.6. The highest BCUT2D eigenvalue weighted by Crippen LogP contribution is 2.47. The van der Waals surface area contributed by atoms with Gasteiger partial charge in [0.1, 0.15) is 22.5 Å². The number of furan rings is 2. The molecule has 3 heteroatoms. The van der Waals surface area contributed by atoms with E-state index in [1.54, 1.807) is 0 Å². The highest BCUT2D eigenvalue weighted by molar-refractivity contribution is 7.25. The molecule has 0 saturated heterocycles. The fraction of sp³-hybridized carbons (Fsp3) is 0. The molecule has 0 unspecified atom stereocenters. The highest BCUT2D eigenvalue weighted by Gasteiger charge is 2.21. The van der Waals surface area contributed by atoms with Crippen molar-refractivity contribution in [3.8, 4) is 22.5 Å². The molecule has 0 amide bonds. The summed E-state index contributed by atoms with van der Waals surface area (Å²) in [7, 11) is 0. The van der Waals surface area contributed by atoms with Gasteiger partial charge in [0, 0.05) is 36.5 Å². The Hall–Kier alpha value is -5.38. The van der Waals surface area contributed by atoms with E-state index in [9.17, 15) is 0 Å². The van der Waals surface area contributed by atoms with Crippen molar-refractivity contribution in [3.63, 3.8) is 0 Å². The first-order chi connectivity index (χ1) is 21.3. The van der Waals surface area contributed by atoms with Crippen LogP contribution in [0.15, 0.2) is 142 Å². The number of fused-ring (bicyclic) bond motifs is 10. The molecule has 0 N–H and O–H groups in total. The Morgan fingerprint density at radius 2 is 1.05 bits per heavy atom. The van der Waals surface area contributed by atoms with Crippen LogP contribution in [-0.2, 0) is 0 Å². The average Bonchev–Trinajstić information content (AvgIpc) is 3.76. The summed E-state index contributed by atoms with van der Waals surface area (Å²) in [5.74, 6) is 0.867. The van der Waals surface area contributed by atoms with Crippen LogP contribution in [0.4, 0.5) is 0 Å². The van der Waals surface area contributed by atoms with Crippen LogP contribution >= 0.6 is 11.3 Å². The van der Waals surface area contributed by atoms with Gasteiger partial charge in [0.25, 0.3) is 0 Å². The Morgan fingerprint density at radius 3 is 1.81 bits per heavy atom. The van der Waals surface area contributed by atoms with Crippen molar-refractivity contribution in [1.29, 1.82) is 0 Å². The third-order valence-electron chi connectivity index (χ3n) is 8.87. The number of para-hydroxylation sites is 1. The van der Waals surface area contributed by atoms with Gasteiger partial charge in [0.15, 0.2) is 0 Å². The van der Waals surface area contributed by atoms with Crippen LogP contribution < -0.4 is 0 Å². The maximum atomic E-state index is 6.83. The standard InChI is InChI=1S/C40H22O2S/c1-3-12-29-27(10-1)37(23-17-19-26-25-9-6-8-16-35(25)43-36(26)22-23)28-11-2-4-13-30(28)38(29)34-21-24-18-20-33-39(40(24)42-34)31-14-5-7-15-32(31)41-33/h1-22H. The summed E-state index contributed by atoms with van der Waals surface area (Å²) in [5.41, 5.74) is 6.19. The van der Waals surface area contributed by atoms with Gasteiger partial charge in [-0.1, -0.05) is 97.1 Å². The topological polar surface area (TPSA) is 26.3 Å². The lowest BCUT2D eigenvalue weighted by atomic mass is 9.87. The van der Waals surface area contributed by atoms with Crippen molar-refractivity contribution in [2.75, 3.05) is 0 Å². The molecule has 0 radical (unpaired) electrons. The van der Waals surface area contributed by atoms with E-state index in [0.717, 1.165) is 44.2 Å². The van der Waals surface area contributed by atoms with Crippen LogP contribution in [0.5, 0.6) is 0 Å². The molecule has 7 aromatic carbocycles. The maximum absolute atomic E-state index is 6.83. The molecule has 43 heavy (non-hydrogen) atoms. The highest BCUT2D eigenvalue weighted by atomic mass is 32.1. The Bertz CT molecular complexity index is 2680. The van der Waals surface area contributed by atoms with Gasteiger partial charge in [-0.3, -0.25) is 0 Å². The Labute approximate surface area is 250 Å². The summed E-state index contributed by atoms with van der Waals surface area (Å²) in [4.78, 5) is 0. The number of thiophene rings is 1. The maximum Gasteiger partial charge on any atom is 0.146 e. The fourth-order valence-corrected chi connectivity index (χ4v) is 8.16. The minimum atomic E-state index is 0.844. The number of hydrogen-bond acceptors (Lipinski definition) is 3. The van der Waals surface area contributed by atoms with Crippen molar-refractivity contribution in [2.24, 2.45) is 0 Å². The Morgan fingerprint density at radius 1 is 0.419 bits per heavy atom. The summed E-state index contributed by atoms with van der Waals surface area (Å²) in [6.07, 6.45) is 0. The lowest BCUT2D eigenvalue weighted by Gasteiger charge is -2.16. The number of rotatable bonds is 2. The first-order valence-electron chi connectivity index (χ1n) is 14.5. The first-order valence-corrected chi connectivity index (χ1v) is 15.3. The van der Waals surface area contributed by atoms with Crippen LogP contribution in [0.3, 0.4) is 0 Å². The summed E-state index contributed by atoms with van der Waals surface area (Å²) in [5, 5.41) is 10.6. The molecule has 0 aliphatic carbocycles. The zero-order chi connectivity index (χ0) is 28.1. The van der Waals surface area contributed by atoms with Gasteiger partial charge in [-0.05, 0) is 69.1 Å². The molecule has 3 aromatic heterocycles. The molecule has 0 aliphatic heterocycles. The van der Waals surface area contributed by atoms with Crippen molar-refractivity contribution in [3.05, 3.63) is 133 Å². The Kier molecular flexibility index (Phi) is 4.63. The van der Waals surface area contributed by atoms with Gasteiger partial charge in [0.2, 0.25) is 0 Å². The van der Waals surface area contributed by atoms with Crippen molar-refractivity contribution < 1.29 is 8.83 Å². The summed E-state index contributed by atoms with van der Waals surface area (Å²) in [6.45, 7) is 0. The van der Waals surface area contributed by atoms with Crippen LogP contribution in [-0.4, -0.2) is 0 Å². The first kappa shape index (κ1) is 23.2. The second kappa shape index (κ2) is 8.57. The van der Waals surface area contributed by atoms with E-state index >= 15 is 0 Å². The molecule has 10 aromatic rings. The average molecular weight is 567 g/mol. The van der Waals surface area contributed by atoms with E-state index in [4.69, 9.17) is 8.83 Å². The van der Waals surface area contributed by atoms with Gasteiger partial charge >= 0.3 is 0 Å². The number of hydrogen-bond donors (Lipinski definition) is 0. The minimum absolute atomic E-state index is 0.844. The Balaban J connectivity index is 1.28. The number of benzene rings is 7. The summed E-state index contributed by atoms with van der Waals surface area (Å²) >= 11 is 1.86. The second-order valence-electron chi connectivity index (χ2n) is 11.2. The van der Waals surface area contributed by atoms with E-state index < -0.39 is 0 Å². The molecule has 0 fully saturated rings. The van der Waals surface area contributed by atoms with Crippen molar-refractivity contribution in [2.45, 2.75) is 0 Å². The molecular weight excluding hydrogens is 545 g/mol. The normalized spacial score (nSPS) is 12.2. The zero-order valence-corrected chi connectivity index (χ0v) is 23.7.